The van der Waals surface area contributed by atoms with Gasteiger partial charge in [-0.2, -0.15) is 0 Å². The molecular weight excluding hydrogens is 382 g/mol. The Morgan fingerprint density at radius 1 is 1.14 bits per heavy atom. The highest BCUT2D eigenvalue weighted by molar-refractivity contribution is 7.87. The first-order valence-electron chi connectivity index (χ1n) is 9.68. The molecule has 2 aliphatic rings. The molecule has 1 aromatic rings. The number of amides is 1. The number of carbonyl (C=O) groups excluding carboxylic acids is 2. The van der Waals surface area contributed by atoms with E-state index in [1.807, 2.05) is 31.2 Å². The molecule has 28 heavy (non-hydrogen) atoms. The Kier molecular flexibility index (Phi) is 6.27. The van der Waals surface area contributed by atoms with E-state index >= 15 is 0 Å². The van der Waals surface area contributed by atoms with Gasteiger partial charge in [0.05, 0.1) is 34.8 Å². The third kappa shape index (κ3) is 4.01. The lowest BCUT2D eigenvalue weighted by atomic mass is 10.1. The number of carbonyl (C=O) groups is 2. The van der Waals surface area contributed by atoms with Crippen LogP contribution in [0.2, 0.25) is 0 Å². The number of hydrogen-bond donors (Lipinski definition) is 0. The Bertz CT molecular complexity index is 746. The molecule has 3 rings (SSSR count). The Morgan fingerprint density at radius 3 is 2.36 bits per heavy atom. The summed E-state index contributed by atoms with van der Waals surface area (Å²) in [6.45, 7) is 6.26. The predicted molar refractivity (Wildman–Crippen MR) is 104 cm³/mol. The summed E-state index contributed by atoms with van der Waals surface area (Å²) in [6.07, 6.45) is 0.0536. The lowest BCUT2D eigenvalue weighted by Gasteiger charge is -2.33. The monoisotopic (exact) mass is 409 g/mol. The van der Waals surface area contributed by atoms with E-state index in [0.717, 1.165) is 5.56 Å². The molecule has 1 aliphatic heterocycles. The predicted octanol–water partition coefficient (Wildman–Crippen LogP) is 3.41. The van der Waals surface area contributed by atoms with Crippen molar-refractivity contribution in [1.29, 1.82) is 0 Å². The maximum absolute atomic E-state index is 13.5. The average molecular weight is 410 g/mol. The molecule has 0 spiro atoms. The second-order valence-electron chi connectivity index (χ2n) is 7.11. The van der Waals surface area contributed by atoms with E-state index in [0.29, 0.717) is 30.7 Å². The number of aryl methyl sites for hydroxylation is 1. The Balaban J connectivity index is 1.89. The summed E-state index contributed by atoms with van der Waals surface area (Å²) in [5, 5.41) is 0. The quantitative estimate of drug-likeness (QED) is 0.670. The fourth-order valence-corrected chi connectivity index (χ4v) is 5.63. The highest BCUT2D eigenvalue weighted by atomic mass is 32.2. The molecule has 8 heteroatoms. The SMILES string of the molecule is CCOC(=O)OC1CCN(C(=O)OCC)C1C1(S(=O)c2ccc(C)cc2)CC1. The number of rotatable bonds is 6. The van der Waals surface area contributed by atoms with Gasteiger partial charge in [-0.15, -0.1) is 0 Å². The van der Waals surface area contributed by atoms with Crippen LogP contribution in [0.25, 0.3) is 0 Å². The zero-order chi connectivity index (χ0) is 20.3. The van der Waals surface area contributed by atoms with Gasteiger partial charge in [-0.05, 0) is 45.7 Å². The molecule has 1 saturated heterocycles. The topological polar surface area (TPSA) is 82.1 Å². The highest BCUT2D eigenvalue weighted by Crippen LogP contribution is 2.52. The van der Waals surface area contributed by atoms with Crippen molar-refractivity contribution in [2.45, 2.75) is 61.8 Å². The molecule has 3 unspecified atom stereocenters. The minimum atomic E-state index is -1.34. The molecule has 1 heterocycles. The molecule has 0 N–H and O–H groups in total. The number of benzene rings is 1. The molecule has 0 bridgehead atoms. The molecular formula is C20H27NO6S. The molecule has 2 fully saturated rings. The normalized spacial score (nSPS) is 23.8. The summed E-state index contributed by atoms with van der Waals surface area (Å²) in [5.74, 6) is 0. The van der Waals surface area contributed by atoms with Gasteiger partial charge in [-0.3, -0.25) is 9.11 Å². The largest absolute Gasteiger partial charge is 0.508 e. The summed E-state index contributed by atoms with van der Waals surface area (Å²) < 4.78 is 28.4. The minimum Gasteiger partial charge on any atom is -0.450 e. The van der Waals surface area contributed by atoms with Crippen molar-refractivity contribution >= 4 is 23.0 Å². The summed E-state index contributed by atoms with van der Waals surface area (Å²) in [6, 6.07) is 7.06. The number of likely N-dealkylation sites (tertiary alicyclic amines) is 1. The number of nitrogens with zero attached hydrogens (tertiary/aromatic N) is 1. The van der Waals surface area contributed by atoms with Crippen molar-refractivity contribution in [2.24, 2.45) is 0 Å². The molecule has 1 amide bonds. The number of hydrogen-bond acceptors (Lipinski definition) is 6. The second-order valence-corrected chi connectivity index (χ2v) is 8.93. The van der Waals surface area contributed by atoms with Gasteiger partial charge < -0.3 is 14.2 Å². The van der Waals surface area contributed by atoms with Crippen LogP contribution in [-0.2, 0) is 25.0 Å². The molecule has 1 aromatic carbocycles. The van der Waals surface area contributed by atoms with E-state index in [4.69, 9.17) is 14.2 Å². The Labute approximate surface area is 167 Å². The molecule has 0 aromatic heterocycles. The average Bonchev–Trinajstić information content (AvgIpc) is 3.36. The zero-order valence-corrected chi connectivity index (χ0v) is 17.3. The lowest BCUT2D eigenvalue weighted by molar-refractivity contribution is 0.0100. The van der Waals surface area contributed by atoms with Gasteiger partial charge in [0.2, 0.25) is 0 Å². The van der Waals surface area contributed by atoms with Crippen LogP contribution >= 0.6 is 0 Å². The van der Waals surface area contributed by atoms with Gasteiger partial charge >= 0.3 is 12.2 Å². The van der Waals surface area contributed by atoms with Crippen molar-refractivity contribution in [3.05, 3.63) is 29.8 Å². The third-order valence-corrected chi connectivity index (χ3v) is 7.33. The van der Waals surface area contributed by atoms with Crippen LogP contribution in [0, 0.1) is 6.92 Å². The van der Waals surface area contributed by atoms with Crippen molar-refractivity contribution in [3.63, 3.8) is 0 Å². The van der Waals surface area contributed by atoms with Crippen LogP contribution in [0.3, 0.4) is 0 Å². The number of ether oxygens (including phenoxy) is 3. The van der Waals surface area contributed by atoms with Gasteiger partial charge in [-0.25, -0.2) is 9.59 Å². The van der Waals surface area contributed by atoms with E-state index in [2.05, 4.69) is 0 Å². The van der Waals surface area contributed by atoms with Gasteiger partial charge in [0, 0.05) is 17.9 Å². The maximum Gasteiger partial charge on any atom is 0.508 e. The summed E-state index contributed by atoms with van der Waals surface area (Å²) in [4.78, 5) is 26.7. The van der Waals surface area contributed by atoms with E-state index < -0.39 is 39.9 Å². The Morgan fingerprint density at radius 2 is 1.79 bits per heavy atom. The van der Waals surface area contributed by atoms with E-state index in [-0.39, 0.29) is 13.2 Å². The smallest absolute Gasteiger partial charge is 0.450 e. The highest BCUT2D eigenvalue weighted by Gasteiger charge is 2.63. The third-order valence-electron chi connectivity index (χ3n) is 5.24. The van der Waals surface area contributed by atoms with Crippen LogP contribution < -0.4 is 0 Å². The van der Waals surface area contributed by atoms with Crippen LogP contribution in [0.5, 0.6) is 0 Å². The fraction of sp³-hybridized carbons (Fsp3) is 0.600. The van der Waals surface area contributed by atoms with E-state index in [1.54, 1.807) is 18.7 Å². The van der Waals surface area contributed by atoms with Crippen molar-refractivity contribution in [2.75, 3.05) is 19.8 Å². The van der Waals surface area contributed by atoms with Crippen molar-refractivity contribution in [3.8, 4) is 0 Å². The lowest BCUT2D eigenvalue weighted by Crippen LogP contribution is -2.51. The van der Waals surface area contributed by atoms with Crippen molar-refractivity contribution in [1.82, 2.24) is 4.90 Å². The molecule has 3 atom stereocenters. The first-order chi connectivity index (χ1) is 13.4. The summed E-state index contributed by atoms with van der Waals surface area (Å²) in [7, 11) is -1.34. The van der Waals surface area contributed by atoms with Crippen LogP contribution in [0.15, 0.2) is 29.2 Å². The van der Waals surface area contributed by atoms with Gasteiger partial charge in [0.1, 0.15) is 6.10 Å². The second kappa shape index (κ2) is 8.51. The summed E-state index contributed by atoms with van der Waals surface area (Å²) >= 11 is 0. The molecule has 154 valence electrons. The molecule has 7 nitrogen and oxygen atoms in total. The van der Waals surface area contributed by atoms with E-state index in [1.165, 1.54) is 0 Å². The minimum absolute atomic E-state index is 0.207. The van der Waals surface area contributed by atoms with Gasteiger partial charge in [0.15, 0.2) is 0 Å². The zero-order valence-electron chi connectivity index (χ0n) is 16.5. The molecule has 1 aliphatic carbocycles. The standard InChI is InChI=1S/C20H27NO6S/c1-4-25-18(22)21-13-10-16(27-19(23)26-5-2)17(21)20(11-12-20)28(24)15-8-6-14(3)7-9-15/h6-9,16-17H,4-5,10-13H2,1-3H3. The van der Waals surface area contributed by atoms with Crippen LogP contribution in [0.4, 0.5) is 9.59 Å². The van der Waals surface area contributed by atoms with E-state index in [9.17, 15) is 13.8 Å². The molecule has 1 saturated carbocycles. The van der Waals surface area contributed by atoms with Gasteiger partial charge in [0.25, 0.3) is 0 Å². The fourth-order valence-electron chi connectivity index (χ4n) is 3.81. The van der Waals surface area contributed by atoms with Crippen LogP contribution in [0.1, 0.15) is 38.7 Å². The Hall–Kier alpha value is -2.09. The summed E-state index contributed by atoms with van der Waals surface area (Å²) in [5.41, 5.74) is 1.09. The van der Waals surface area contributed by atoms with Gasteiger partial charge in [-0.1, -0.05) is 17.7 Å². The maximum atomic E-state index is 13.5. The first-order valence-corrected chi connectivity index (χ1v) is 10.8. The first kappa shape index (κ1) is 20.6. The van der Waals surface area contributed by atoms with Crippen LogP contribution in [-0.4, -0.2) is 58.0 Å². The van der Waals surface area contributed by atoms with Crippen molar-refractivity contribution < 1.29 is 28.0 Å². The molecule has 0 radical (unpaired) electrons.